The average molecular weight is 382 g/mol. The molecule has 0 aliphatic carbocycles. The van der Waals surface area contributed by atoms with Crippen LogP contribution < -0.4 is 4.74 Å². The van der Waals surface area contributed by atoms with Gasteiger partial charge in [0.15, 0.2) is 0 Å². The van der Waals surface area contributed by atoms with Crippen LogP contribution in [0, 0.1) is 0 Å². The molecule has 0 amide bonds. The molecule has 1 aliphatic heterocycles. The predicted molar refractivity (Wildman–Crippen MR) is 109 cm³/mol. The maximum atomic E-state index is 6.43. The van der Waals surface area contributed by atoms with Gasteiger partial charge in [-0.15, -0.1) is 0 Å². The number of benzene rings is 2. The highest BCUT2D eigenvalue weighted by atomic mass is 35.5. The van der Waals surface area contributed by atoms with Crippen LogP contribution in [-0.4, -0.2) is 28.2 Å². The number of ether oxygens (including phenoxy) is 1. The Labute approximate surface area is 165 Å². The number of rotatable bonds is 6. The molecule has 1 aromatic heterocycles. The van der Waals surface area contributed by atoms with E-state index in [1.54, 1.807) is 0 Å². The first-order valence-electron chi connectivity index (χ1n) is 9.49. The summed E-state index contributed by atoms with van der Waals surface area (Å²) < 4.78 is 5.69. The van der Waals surface area contributed by atoms with Crippen LogP contribution in [0.2, 0.25) is 5.02 Å². The lowest BCUT2D eigenvalue weighted by Crippen LogP contribution is -2.29. The Hall–Kier alpha value is -2.30. The van der Waals surface area contributed by atoms with Gasteiger partial charge in [0, 0.05) is 42.9 Å². The second-order valence-corrected chi connectivity index (χ2v) is 7.38. The van der Waals surface area contributed by atoms with Crippen LogP contribution in [-0.2, 0) is 19.5 Å². The molecule has 2 heterocycles. The van der Waals surface area contributed by atoms with Crippen LogP contribution in [0.25, 0.3) is 11.3 Å². The molecule has 0 saturated carbocycles. The minimum absolute atomic E-state index is 0.634. The first-order valence-corrected chi connectivity index (χ1v) is 9.87. The molecule has 2 aromatic carbocycles. The van der Waals surface area contributed by atoms with Crippen molar-refractivity contribution in [1.29, 1.82) is 0 Å². The Morgan fingerprint density at radius 2 is 2.04 bits per heavy atom. The summed E-state index contributed by atoms with van der Waals surface area (Å²) in [6.07, 6.45) is 1.95. The number of nitrogens with one attached hydrogen (secondary N) is 1. The normalized spacial score (nSPS) is 14.1. The molecular weight excluding hydrogens is 358 g/mol. The number of hydrogen-bond acceptors (Lipinski definition) is 3. The van der Waals surface area contributed by atoms with Gasteiger partial charge in [-0.2, -0.15) is 5.10 Å². The van der Waals surface area contributed by atoms with E-state index in [-0.39, 0.29) is 0 Å². The molecule has 4 rings (SSSR count). The highest BCUT2D eigenvalue weighted by molar-refractivity contribution is 6.32. The second-order valence-electron chi connectivity index (χ2n) is 6.97. The van der Waals surface area contributed by atoms with Gasteiger partial charge in [0.2, 0.25) is 0 Å². The zero-order chi connectivity index (χ0) is 18.6. The van der Waals surface area contributed by atoms with Gasteiger partial charge < -0.3 is 4.74 Å². The van der Waals surface area contributed by atoms with E-state index in [9.17, 15) is 0 Å². The van der Waals surface area contributed by atoms with Crippen molar-refractivity contribution >= 4 is 11.6 Å². The van der Waals surface area contributed by atoms with Gasteiger partial charge in [-0.3, -0.25) is 10.00 Å². The molecule has 27 heavy (non-hydrogen) atoms. The lowest BCUT2D eigenvalue weighted by atomic mass is 10.0. The van der Waals surface area contributed by atoms with Crippen molar-refractivity contribution in [1.82, 2.24) is 15.1 Å². The molecule has 0 unspecified atom stereocenters. The Kier molecular flexibility index (Phi) is 5.46. The SMILES string of the molecule is CCCOc1ccc(-c2n[nH]c3c2CN(Cc2ccccc2)CC3)cc1Cl. The van der Waals surface area contributed by atoms with Gasteiger partial charge in [0.25, 0.3) is 0 Å². The maximum Gasteiger partial charge on any atom is 0.137 e. The summed E-state index contributed by atoms with van der Waals surface area (Å²) in [5.41, 5.74) is 5.87. The van der Waals surface area contributed by atoms with E-state index >= 15 is 0 Å². The molecule has 140 valence electrons. The molecule has 4 nitrogen and oxygen atoms in total. The summed E-state index contributed by atoms with van der Waals surface area (Å²) in [4.78, 5) is 2.47. The van der Waals surface area contributed by atoms with E-state index in [0.29, 0.717) is 11.6 Å². The van der Waals surface area contributed by atoms with Crippen LogP contribution >= 0.6 is 11.6 Å². The summed E-state index contributed by atoms with van der Waals surface area (Å²) in [6, 6.07) is 16.6. The smallest absolute Gasteiger partial charge is 0.137 e. The molecule has 3 aromatic rings. The van der Waals surface area contributed by atoms with Crippen LogP contribution in [0.1, 0.15) is 30.2 Å². The third-order valence-electron chi connectivity index (χ3n) is 4.93. The monoisotopic (exact) mass is 381 g/mol. The molecule has 5 heteroatoms. The highest BCUT2D eigenvalue weighted by Gasteiger charge is 2.23. The van der Waals surface area contributed by atoms with E-state index in [2.05, 4.69) is 52.4 Å². The quantitative estimate of drug-likeness (QED) is 0.647. The number of nitrogens with zero attached hydrogens (tertiary/aromatic N) is 2. The highest BCUT2D eigenvalue weighted by Crippen LogP contribution is 2.34. The third kappa shape index (κ3) is 4.02. The number of halogens is 1. The number of fused-ring (bicyclic) bond motifs is 1. The Morgan fingerprint density at radius 3 is 2.81 bits per heavy atom. The van der Waals surface area contributed by atoms with Crippen molar-refractivity contribution in [3.63, 3.8) is 0 Å². The largest absolute Gasteiger partial charge is 0.492 e. The number of aromatic nitrogens is 2. The van der Waals surface area contributed by atoms with Gasteiger partial charge >= 0.3 is 0 Å². The lowest BCUT2D eigenvalue weighted by molar-refractivity contribution is 0.245. The molecule has 1 aliphatic rings. The Balaban J connectivity index is 1.55. The van der Waals surface area contributed by atoms with E-state index in [1.165, 1.54) is 16.8 Å². The topological polar surface area (TPSA) is 41.1 Å². The molecule has 0 fully saturated rings. The summed E-state index contributed by atoms with van der Waals surface area (Å²) in [6.45, 7) is 5.64. The van der Waals surface area contributed by atoms with Crippen molar-refractivity contribution in [3.05, 3.63) is 70.4 Å². The molecule has 0 atom stereocenters. The molecule has 0 saturated heterocycles. The molecule has 0 radical (unpaired) electrons. The standard InChI is InChI=1S/C22H24ClN3O/c1-2-12-27-21-9-8-17(13-19(21)23)22-18-15-26(11-10-20(18)24-25-22)14-16-6-4-3-5-7-16/h3-9,13H,2,10-12,14-15H2,1H3,(H,24,25). The van der Waals surface area contributed by atoms with Crippen LogP contribution in [0.15, 0.2) is 48.5 Å². The Morgan fingerprint density at radius 1 is 1.19 bits per heavy atom. The van der Waals surface area contributed by atoms with Crippen molar-refractivity contribution < 1.29 is 4.74 Å². The van der Waals surface area contributed by atoms with Crippen molar-refractivity contribution in [2.24, 2.45) is 0 Å². The van der Waals surface area contributed by atoms with Gasteiger partial charge in [0.1, 0.15) is 5.75 Å². The van der Waals surface area contributed by atoms with Crippen LogP contribution in [0.5, 0.6) is 5.75 Å². The van der Waals surface area contributed by atoms with Gasteiger partial charge in [-0.25, -0.2) is 0 Å². The lowest BCUT2D eigenvalue weighted by Gasteiger charge is -2.27. The fourth-order valence-electron chi connectivity index (χ4n) is 3.54. The van der Waals surface area contributed by atoms with Crippen LogP contribution in [0.4, 0.5) is 0 Å². The van der Waals surface area contributed by atoms with Crippen molar-refractivity contribution in [2.75, 3.05) is 13.2 Å². The number of hydrogen-bond donors (Lipinski definition) is 1. The average Bonchev–Trinajstić information content (AvgIpc) is 3.11. The number of aromatic amines is 1. The van der Waals surface area contributed by atoms with Gasteiger partial charge in [-0.1, -0.05) is 48.9 Å². The predicted octanol–water partition coefficient (Wildman–Crippen LogP) is 5.08. The minimum atomic E-state index is 0.634. The summed E-state index contributed by atoms with van der Waals surface area (Å²) in [5, 5.41) is 8.45. The second kappa shape index (κ2) is 8.15. The molecular formula is C22H24ClN3O. The van der Waals surface area contributed by atoms with E-state index in [0.717, 1.165) is 49.5 Å². The van der Waals surface area contributed by atoms with Crippen molar-refractivity contribution in [3.8, 4) is 17.0 Å². The maximum absolute atomic E-state index is 6.43. The van der Waals surface area contributed by atoms with E-state index in [4.69, 9.17) is 16.3 Å². The minimum Gasteiger partial charge on any atom is -0.492 e. The third-order valence-corrected chi connectivity index (χ3v) is 5.22. The van der Waals surface area contributed by atoms with Gasteiger partial charge in [0.05, 0.1) is 17.3 Å². The summed E-state index contributed by atoms with van der Waals surface area (Å²) in [7, 11) is 0. The summed E-state index contributed by atoms with van der Waals surface area (Å²) in [5.74, 6) is 0.734. The van der Waals surface area contributed by atoms with E-state index in [1.807, 2.05) is 18.2 Å². The van der Waals surface area contributed by atoms with Crippen molar-refractivity contribution in [2.45, 2.75) is 32.9 Å². The zero-order valence-corrected chi connectivity index (χ0v) is 16.3. The van der Waals surface area contributed by atoms with Crippen LogP contribution in [0.3, 0.4) is 0 Å². The fourth-order valence-corrected chi connectivity index (χ4v) is 3.78. The fraction of sp³-hybridized carbons (Fsp3) is 0.318. The molecule has 0 spiro atoms. The molecule has 1 N–H and O–H groups in total. The molecule has 0 bridgehead atoms. The first kappa shape index (κ1) is 18.1. The number of H-pyrrole nitrogens is 1. The first-order chi connectivity index (χ1) is 13.2. The van der Waals surface area contributed by atoms with E-state index < -0.39 is 0 Å². The Bertz CT molecular complexity index is 907. The van der Waals surface area contributed by atoms with Gasteiger partial charge in [-0.05, 0) is 30.2 Å². The summed E-state index contributed by atoms with van der Waals surface area (Å²) >= 11 is 6.43. The zero-order valence-electron chi connectivity index (χ0n) is 15.5.